The molecule has 0 aliphatic rings. The summed E-state index contributed by atoms with van der Waals surface area (Å²) in [4.78, 5) is 22.8. The number of hydrogen-bond acceptors (Lipinski definition) is 8. The van der Waals surface area contributed by atoms with E-state index >= 15 is 0 Å². The van der Waals surface area contributed by atoms with Crippen LogP contribution in [0, 0.1) is 13.8 Å². The predicted octanol–water partition coefficient (Wildman–Crippen LogP) is 4.98. The molecular weight excluding hydrogens is 406 g/mol. The minimum atomic E-state index is -0.464. The van der Waals surface area contributed by atoms with Crippen LogP contribution in [0.25, 0.3) is 20.8 Å². The molecule has 29 heavy (non-hydrogen) atoms. The summed E-state index contributed by atoms with van der Waals surface area (Å²) in [6.07, 6.45) is 0. The van der Waals surface area contributed by atoms with Crippen molar-refractivity contribution in [2.24, 2.45) is 0 Å². The number of pyridine rings is 1. The standard InChI is InChI=1S/C21H19N3O3S2/c1-11-8-12(2)23-20-16(11)17(22)18(29-20)21(25)27-9-13-10-28-19(24-13)14-6-4-5-7-15(14)26-3/h4-8,10H,9,22H2,1-3H3. The van der Waals surface area contributed by atoms with Crippen molar-refractivity contribution in [2.75, 3.05) is 12.8 Å². The van der Waals surface area contributed by atoms with E-state index in [-0.39, 0.29) is 6.61 Å². The average Bonchev–Trinajstić information content (AvgIpc) is 3.30. The van der Waals surface area contributed by atoms with Crippen LogP contribution < -0.4 is 10.5 Å². The SMILES string of the molecule is COc1ccccc1-c1nc(COC(=O)c2sc3nc(C)cc(C)c3c2N)cs1. The first-order valence-corrected chi connectivity index (χ1v) is 10.6. The third-order valence-electron chi connectivity index (χ3n) is 4.45. The Morgan fingerprint density at radius 3 is 2.79 bits per heavy atom. The number of methoxy groups -OCH3 is 1. The number of para-hydroxylation sites is 1. The topological polar surface area (TPSA) is 87.3 Å². The lowest BCUT2D eigenvalue weighted by molar-refractivity contribution is 0.0475. The molecule has 4 rings (SSSR count). The molecule has 0 fully saturated rings. The highest BCUT2D eigenvalue weighted by molar-refractivity contribution is 7.21. The van der Waals surface area contributed by atoms with E-state index in [4.69, 9.17) is 15.2 Å². The second-order valence-corrected chi connectivity index (χ2v) is 8.38. The molecule has 4 aromatic rings. The van der Waals surface area contributed by atoms with Crippen molar-refractivity contribution in [3.8, 4) is 16.3 Å². The Morgan fingerprint density at radius 2 is 2.00 bits per heavy atom. The number of rotatable bonds is 5. The van der Waals surface area contributed by atoms with Gasteiger partial charge < -0.3 is 15.2 Å². The van der Waals surface area contributed by atoms with Gasteiger partial charge in [-0.3, -0.25) is 0 Å². The average molecular weight is 426 g/mol. The molecule has 148 valence electrons. The van der Waals surface area contributed by atoms with Gasteiger partial charge in [0.05, 0.1) is 24.1 Å². The van der Waals surface area contributed by atoms with Crippen molar-refractivity contribution in [1.29, 1.82) is 0 Å². The first-order valence-electron chi connectivity index (χ1n) is 8.89. The van der Waals surface area contributed by atoms with E-state index in [9.17, 15) is 4.79 Å². The Hall–Kier alpha value is -2.97. The van der Waals surface area contributed by atoms with Crippen LogP contribution in [-0.2, 0) is 11.3 Å². The molecule has 0 spiro atoms. The van der Waals surface area contributed by atoms with Crippen molar-refractivity contribution in [1.82, 2.24) is 9.97 Å². The number of benzene rings is 1. The maximum absolute atomic E-state index is 12.6. The van der Waals surface area contributed by atoms with Crippen LogP contribution in [0.5, 0.6) is 5.75 Å². The van der Waals surface area contributed by atoms with Gasteiger partial charge in [0.25, 0.3) is 0 Å². The number of thiophene rings is 1. The first-order chi connectivity index (χ1) is 14.0. The Bertz CT molecular complexity index is 1210. The zero-order chi connectivity index (χ0) is 20.5. The summed E-state index contributed by atoms with van der Waals surface area (Å²) in [5.74, 6) is 0.288. The molecule has 3 aromatic heterocycles. The second-order valence-electron chi connectivity index (χ2n) is 6.53. The van der Waals surface area contributed by atoms with Gasteiger partial charge in [-0.25, -0.2) is 14.8 Å². The maximum Gasteiger partial charge on any atom is 0.350 e. The van der Waals surface area contributed by atoms with Crippen LogP contribution >= 0.6 is 22.7 Å². The number of thiazole rings is 1. The number of fused-ring (bicyclic) bond motifs is 1. The molecule has 6 nitrogen and oxygen atoms in total. The van der Waals surface area contributed by atoms with Gasteiger partial charge in [-0.1, -0.05) is 12.1 Å². The molecule has 0 unspecified atom stereocenters. The van der Waals surface area contributed by atoms with Gasteiger partial charge >= 0.3 is 5.97 Å². The fourth-order valence-corrected chi connectivity index (χ4v) is 5.09. The first kappa shape index (κ1) is 19.4. The minimum Gasteiger partial charge on any atom is -0.496 e. The number of ether oxygens (including phenoxy) is 2. The van der Waals surface area contributed by atoms with E-state index in [0.29, 0.717) is 16.3 Å². The summed E-state index contributed by atoms with van der Waals surface area (Å²) in [5, 5.41) is 3.50. The van der Waals surface area contributed by atoms with Gasteiger partial charge in [-0.05, 0) is 37.6 Å². The second kappa shape index (κ2) is 7.81. The molecule has 0 radical (unpaired) electrons. The van der Waals surface area contributed by atoms with E-state index in [1.54, 1.807) is 7.11 Å². The lowest BCUT2D eigenvalue weighted by Crippen LogP contribution is -2.06. The van der Waals surface area contributed by atoms with Crippen LogP contribution in [0.1, 0.15) is 26.6 Å². The summed E-state index contributed by atoms with van der Waals surface area (Å²) in [7, 11) is 1.63. The Labute approximate surface area is 176 Å². The molecule has 1 aromatic carbocycles. The van der Waals surface area contributed by atoms with Gasteiger partial charge in [0, 0.05) is 16.5 Å². The summed E-state index contributed by atoms with van der Waals surface area (Å²) >= 11 is 2.73. The fraction of sp³-hybridized carbons (Fsp3) is 0.190. The predicted molar refractivity (Wildman–Crippen MR) is 117 cm³/mol. The largest absolute Gasteiger partial charge is 0.496 e. The molecule has 8 heteroatoms. The lowest BCUT2D eigenvalue weighted by Gasteiger charge is -2.05. The molecule has 0 aliphatic carbocycles. The van der Waals surface area contributed by atoms with E-state index in [0.717, 1.165) is 37.8 Å². The number of aromatic nitrogens is 2. The number of esters is 1. The van der Waals surface area contributed by atoms with Gasteiger partial charge in [0.1, 0.15) is 27.1 Å². The zero-order valence-electron chi connectivity index (χ0n) is 16.2. The van der Waals surface area contributed by atoms with Crippen LogP contribution in [0.3, 0.4) is 0 Å². The molecule has 0 bridgehead atoms. The number of anilines is 1. The van der Waals surface area contributed by atoms with Crippen LogP contribution in [-0.4, -0.2) is 23.0 Å². The summed E-state index contributed by atoms with van der Waals surface area (Å²) in [6, 6.07) is 9.63. The molecular formula is C21H19N3O3S2. The summed E-state index contributed by atoms with van der Waals surface area (Å²) in [5.41, 5.74) is 10.1. The molecule has 0 saturated heterocycles. The van der Waals surface area contributed by atoms with E-state index in [2.05, 4.69) is 9.97 Å². The lowest BCUT2D eigenvalue weighted by atomic mass is 10.1. The quantitative estimate of drug-likeness (QED) is 0.454. The van der Waals surface area contributed by atoms with Gasteiger partial charge in [0.2, 0.25) is 0 Å². The van der Waals surface area contributed by atoms with Gasteiger partial charge in [-0.2, -0.15) is 0 Å². The fourth-order valence-electron chi connectivity index (χ4n) is 3.14. The smallest absolute Gasteiger partial charge is 0.350 e. The third-order valence-corrected chi connectivity index (χ3v) is 6.45. The van der Waals surface area contributed by atoms with Crippen LogP contribution in [0.4, 0.5) is 5.69 Å². The van der Waals surface area contributed by atoms with Crippen LogP contribution in [0.2, 0.25) is 0 Å². The highest BCUT2D eigenvalue weighted by Crippen LogP contribution is 2.36. The van der Waals surface area contributed by atoms with Crippen molar-refractivity contribution in [2.45, 2.75) is 20.5 Å². The Morgan fingerprint density at radius 1 is 1.21 bits per heavy atom. The van der Waals surface area contributed by atoms with E-state index in [1.165, 1.54) is 22.7 Å². The number of aryl methyl sites for hydroxylation is 2. The third kappa shape index (κ3) is 3.68. The number of hydrogen-bond donors (Lipinski definition) is 1. The Kier molecular flexibility index (Phi) is 5.21. The van der Waals surface area contributed by atoms with Gasteiger partial charge in [0.15, 0.2) is 0 Å². The normalized spacial score (nSPS) is 11.0. The highest BCUT2D eigenvalue weighted by Gasteiger charge is 2.20. The number of nitrogens with zero attached hydrogens (tertiary/aromatic N) is 2. The molecule has 2 N–H and O–H groups in total. The molecule has 0 amide bonds. The van der Waals surface area contributed by atoms with Crippen molar-refractivity contribution in [3.05, 3.63) is 57.5 Å². The van der Waals surface area contributed by atoms with Crippen molar-refractivity contribution < 1.29 is 14.3 Å². The van der Waals surface area contributed by atoms with E-state index in [1.807, 2.05) is 49.6 Å². The molecule has 0 saturated carbocycles. The van der Waals surface area contributed by atoms with Crippen molar-refractivity contribution in [3.63, 3.8) is 0 Å². The highest BCUT2D eigenvalue weighted by atomic mass is 32.1. The summed E-state index contributed by atoms with van der Waals surface area (Å²) in [6.45, 7) is 3.95. The molecule has 0 aliphatic heterocycles. The number of nitrogens with two attached hydrogens (primary N) is 1. The van der Waals surface area contributed by atoms with E-state index < -0.39 is 5.97 Å². The molecule has 3 heterocycles. The number of nitrogen functional groups attached to an aromatic ring is 1. The summed E-state index contributed by atoms with van der Waals surface area (Å²) < 4.78 is 10.9. The number of carbonyl (C=O) groups is 1. The number of carbonyl (C=O) groups excluding carboxylic acids is 1. The minimum absolute atomic E-state index is 0.0730. The van der Waals surface area contributed by atoms with Crippen molar-refractivity contribution >= 4 is 44.5 Å². The zero-order valence-corrected chi connectivity index (χ0v) is 17.8. The Balaban J connectivity index is 1.52. The monoisotopic (exact) mass is 425 g/mol. The maximum atomic E-state index is 12.6. The molecule has 0 atom stereocenters. The van der Waals surface area contributed by atoms with Crippen LogP contribution in [0.15, 0.2) is 35.7 Å². The van der Waals surface area contributed by atoms with Gasteiger partial charge in [-0.15, -0.1) is 22.7 Å².